The van der Waals surface area contributed by atoms with Gasteiger partial charge in [-0.3, -0.25) is 4.79 Å². The van der Waals surface area contributed by atoms with E-state index in [4.69, 9.17) is 11.6 Å². The van der Waals surface area contributed by atoms with Gasteiger partial charge in [0.05, 0.1) is 5.02 Å². The zero-order chi connectivity index (χ0) is 14.0. The van der Waals surface area contributed by atoms with Gasteiger partial charge in [0.15, 0.2) is 0 Å². The van der Waals surface area contributed by atoms with Crippen LogP contribution in [0.2, 0.25) is 5.02 Å². The van der Waals surface area contributed by atoms with Gasteiger partial charge in [-0.1, -0.05) is 11.6 Å². The molecule has 0 saturated heterocycles. The zero-order valence-corrected chi connectivity index (χ0v) is 13.8. The topological polar surface area (TPSA) is 42.0 Å². The molecule has 0 spiro atoms. The van der Waals surface area contributed by atoms with Crippen LogP contribution < -0.4 is 5.32 Å². The number of halogens is 3. The summed E-state index contributed by atoms with van der Waals surface area (Å²) in [5.74, 6) is 0.291. The van der Waals surface area contributed by atoms with Crippen molar-refractivity contribution in [3.8, 4) is 0 Å². The number of nitrogens with one attached hydrogen (secondary N) is 1. The van der Waals surface area contributed by atoms with E-state index in [9.17, 15) is 4.79 Å². The molecule has 98 valence electrons. The number of pyridine rings is 1. The van der Waals surface area contributed by atoms with Crippen LogP contribution in [0.1, 0.15) is 15.9 Å². The number of carbonyl (C=O) groups is 1. The molecule has 3 nitrogen and oxygen atoms in total. The molecule has 19 heavy (non-hydrogen) atoms. The molecule has 0 radical (unpaired) electrons. The number of aromatic nitrogens is 1. The highest BCUT2D eigenvalue weighted by Crippen LogP contribution is 2.24. The molecule has 0 fully saturated rings. The zero-order valence-electron chi connectivity index (χ0n) is 9.88. The molecule has 2 rings (SSSR count). The van der Waals surface area contributed by atoms with Crippen molar-refractivity contribution in [1.82, 2.24) is 4.98 Å². The van der Waals surface area contributed by atoms with E-state index in [0.717, 1.165) is 14.5 Å². The molecule has 1 N–H and O–H groups in total. The lowest BCUT2D eigenvalue weighted by Crippen LogP contribution is -2.13. The second-order valence-electron chi connectivity index (χ2n) is 3.90. The number of anilines is 1. The fraction of sp³-hybridized carbons (Fsp3) is 0.0769. The molecular formula is C13H9Br2ClN2O. The van der Waals surface area contributed by atoms with Crippen LogP contribution in [0.15, 0.2) is 39.4 Å². The van der Waals surface area contributed by atoms with E-state index in [2.05, 4.69) is 42.2 Å². The first-order valence-electron chi connectivity index (χ1n) is 5.36. The van der Waals surface area contributed by atoms with Crippen LogP contribution in [0, 0.1) is 6.92 Å². The molecule has 1 amide bonds. The van der Waals surface area contributed by atoms with Crippen molar-refractivity contribution >= 4 is 55.2 Å². The monoisotopic (exact) mass is 402 g/mol. The fourth-order valence-corrected chi connectivity index (χ4v) is 2.36. The first kappa shape index (κ1) is 14.5. The molecule has 0 aliphatic carbocycles. The van der Waals surface area contributed by atoms with Gasteiger partial charge in [0.1, 0.15) is 5.82 Å². The third kappa shape index (κ3) is 3.55. The van der Waals surface area contributed by atoms with Gasteiger partial charge in [0, 0.05) is 20.7 Å². The first-order valence-corrected chi connectivity index (χ1v) is 7.32. The SMILES string of the molecule is Cc1cc(Br)cnc1NC(=O)c1ccc(Br)c(Cl)c1. The van der Waals surface area contributed by atoms with Crippen molar-refractivity contribution in [3.63, 3.8) is 0 Å². The number of hydrogen-bond acceptors (Lipinski definition) is 2. The molecule has 0 aliphatic heterocycles. The highest BCUT2D eigenvalue weighted by atomic mass is 79.9. The van der Waals surface area contributed by atoms with Gasteiger partial charge in [-0.25, -0.2) is 4.98 Å². The average Bonchev–Trinajstić information content (AvgIpc) is 2.36. The number of aryl methyl sites for hydroxylation is 1. The minimum atomic E-state index is -0.243. The third-order valence-electron chi connectivity index (χ3n) is 2.46. The van der Waals surface area contributed by atoms with E-state index in [0.29, 0.717) is 16.4 Å². The number of nitrogens with zero attached hydrogens (tertiary/aromatic N) is 1. The van der Waals surface area contributed by atoms with Gasteiger partial charge in [-0.05, 0) is 68.6 Å². The molecular weight excluding hydrogens is 395 g/mol. The van der Waals surface area contributed by atoms with Crippen LogP contribution in [0.4, 0.5) is 5.82 Å². The molecule has 1 aromatic carbocycles. The van der Waals surface area contributed by atoms with Gasteiger partial charge < -0.3 is 5.32 Å². The molecule has 0 aliphatic rings. The van der Waals surface area contributed by atoms with E-state index < -0.39 is 0 Å². The van der Waals surface area contributed by atoms with Crippen molar-refractivity contribution < 1.29 is 4.79 Å². The summed E-state index contributed by atoms with van der Waals surface area (Å²) < 4.78 is 1.62. The summed E-state index contributed by atoms with van der Waals surface area (Å²) in [6.45, 7) is 1.88. The number of hydrogen-bond donors (Lipinski definition) is 1. The van der Waals surface area contributed by atoms with E-state index in [1.807, 2.05) is 13.0 Å². The fourth-order valence-electron chi connectivity index (χ4n) is 1.49. The van der Waals surface area contributed by atoms with Crippen LogP contribution >= 0.6 is 43.5 Å². The second-order valence-corrected chi connectivity index (χ2v) is 6.08. The lowest BCUT2D eigenvalue weighted by atomic mass is 10.2. The van der Waals surface area contributed by atoms with Crippen molar-refractivity contribution in [2.75, 3.05) is 5.32 Å². The van der Waals surface area contributed by atoms with Gasteiger partial charge in [-0.2, -0.15) is 0 Å². The summed E-state index contributed by atoms with van der Waals surface area (Å²) in [5, 5.41) is 3.25. The Balaban J connectivity index is 2.23. The summed E-state index contributed by atoms with van der Waals surface area (Å²) >= 11 is 12.6. The van der Waals surface area contributed by atoms with Crippen molar-refractivity contribution in [1.29, 1.82) is 0 Å². The molecule has 0 unspecified atom stereocenters. The predicted molar refractivity (Wildman–Crippen MR) is 83.8 cm³/mol. The van der Waals surface area contributed by atoms with E-state index >= 15 is 0 Å². The van der Waals surface area contributed by atoms with Crippen LogP contribution in [-0.2, 0) is 0 Å². The highest BCUT2D eigenvalue weighted by Gasteiger charge is 2.10. The maximum atomic E-state index is 12.1. The maximum absolute atomic E-state index is 12.1. The first-order chi connectivity index (χ1) is 8.97. The summed E-state index contributed by atoms with van der Waals surface area (Å²) in [6, 6.07) is 6.92. The minimum Gasteiger partial charge on any atom is -0.306 e. The van der Waals surface area contributed by atoms with E-state index in [-0.39, 0.29) is 5.91 Å². The minimum absolute atomic E-state index is 0.243. The van der Waals surface area contributed by atoms with Gasteiger partial charge in [-0.15, -0.1) is 0 Å². The Morgan fingerprint density at radius 2 is 2.05 bits per heavy atom. The van der Waals surface area contributed by atoms with Crippen molar-refractivity contribution in [2.45, 2.75) is 6.92 Å². The van der Waals surface area contributed by atoms with E-state index in [1.165, 1.54) is 0 Å². The Hall–Kier alpha value is -0.910. The maximum Gasteiger partial charge on any atom is 0.256 e. The van der Waals surface area contributed by atoms with E-state index in [1.54, 1.807) is 24.4 Å². The van der Waals surface area contributed by atoms with Gasteiger partial charge in [0.25, 0.3) is 5.91 Å². The third-order valence-corrected chi connectivity index (χ3v) is 4.12. The van der Waals surface area contributed by atoms with Crippen LogP contribution in [-0.4, -0.2) is 10.9 Å². The largest absolute Gasteiger partial charge is 0.306 e. The molecule has 1 heterocycles. The summed E-state index contributed by atoms with van der Waals surface area (Å²) in [5.41, 5.74) is 1.36. The Kier molecular flexibility index (Phi) is 4.60. The molecule has 0 atom stereocenters. The van der Waals surface area contributed by atoms with Crippen LogP contribution in [0.5, 0.6) is 0 Å². The number of benzene rings is 1. The van der Waals surface area contributed by atoms with Gasteiger partial charge >= 0.3 is 0 Å². The summed E-state index contributed by atoms with van der Waals surface area (Å²) in [6.07, 6.45) is 1.64. The average molecular weight is 404 g/mol. The predicted octanol–water partition coefficient (Wildman–Crippen LogP) is 4.82. The molecule has 6 heteroatoms. The Morgan fingerprint density at radius 1 is 1.32 bits per heavy atom. The molecule has 1 aromatic heterocycles. The number of amides is 1. The van der Waals surface area contributed by atoms with Gasteiger partial charge in [0.2, 0.25) is 0 Å². The number of carbonyl (C=O) groups excluding carboxylic acids is 1. The van der Waals surface area contributed by atoms with Crippen LogP contribution in [0.3, 0.4) is 0 Å². The lowest BCUT2D eigenvalue weighted by Gasteiger charge is -2.08. The smallest absolute Gasteiger partial charge is 0.256 e. The second kappa shape index (κ2) is 6.03. The lowest BCUT2D eigenvalue weighted by molar-refractivity contribution is 0.102. The normalized spacial score (nSPS) is 10.3. The molecule has 0 saturated carbocycles. The van der Waals surface area contributed by atoms with Crippen LogP contribution in [0.25, 0.3) is 0 Å². The Bertz CT molecular complexity index is 647. The Morgan fingerprint density at radius 3 is 2.68 bits per heavy atom. The highest BCUT2D eigenvalue weighted by molar-refractivity contribution is 9.10. The van der Waals surface area contributed by atoms with Crippen molar-refractivity contribution in [3.05, 3.63) is 55.6 Å². The number of rotatable bonds is 2. The molecule has 0 bridgehead atoms. The Labute approximate surface area is 132 Å². The summed E-state index contributed by atoms with van der Waals surface area (Å²) in [7, 11) is 0. The quantitative estimate of drug-likeness (QED) is 0.780. The molecule has 2 aromatic rings. The van der Waals surface area contributed by atoms with Crippen molar-refractivity contribution in [2.24, 2.45) is 0 Å². The standard InChI is InChI=1S/C13H9Br2ClN2O/c1-7-4-9(14)6-17-12(7)18-13(19)8-2-3-10(15)11(16)5-8/h2-6H,1H3,(H,17,18,19). The summed E-state index contributed by atoms with van der Waals surface area (Å²) in [4.78, 5) is 16.2.